The van der Waals surface area contributed by atoms with Gasteiger partial charge in [0.2, 0.25) is 10.0 Å². The lowest BCUT2D eigenvalue weighted by atomic mass is 10.1. The zero-order valence-corrected chi connectivity index (χ0v) is 14.4. The molecular formula is C18H21NO3S. The normalized spacial score (nSPS) is 11.7. The summed E-state index contributed by atoms with van der Waals surface area (Å²) < 4.78 is 27.0. The Kier molecular flexibility index (Phi) is 5.34. The molecule has 2 rings (SSSR count). The van der Waals surface area contributed by atoms with Crippen LogP contribution in [0.4, 0.5) is 0 Å². The van der Waals surface area contributed by atoms with Crippen molar-refractivity contribution in [1.82, 2.24) is 4.31 Å². The van der Waals surface area contributed by atoms with E-state index in [9.17, 15) is 13.2 Å². The van der Waals surface area contributed by atoms with Gasteiger partial charge in [-0.15, -0.1) is 0 Å². The highest BCUT2D eigenvalue weighted by atomic mass is 32.2. The van der Waals surface area contributed by atoms with Crippen molar-refractivity contribution in [3.05, 3.63) is 65.2 Å². The number of aryl methyl sites for hydroxylation is 1. The van der Waals surface area contributed by atoms with Crippen LogP contribution in [0.1, 0.15) is 35.3 Å². The number of hydrogen-bond donors (Lipinski definition) is 0. The van der Waals surface area contributed by atoms with Crippen LogP contribution in [0.5, 0.6) is 0 Å². The van der Waals surface area contributed by atoms with Crippen LogP contribution < -0.4 is 0 Å². The second kappa shape index (κ2) is 7.06. The summed E-state index contributed by atoms with van der Waals surface area (Å²) in [5.41, 5.74) is 2.56. The Morgan fingerprint density at radius 2 is 1.74 bits per heavy atom. The molecule has 0 bridgehead atoms. The molecule has 0 N–H and O–H groups in total. The summed E-state index contributed by atoms with van der Waals surface area (Å²) in [5, 5.41) is 0. The Labute approximate surface area is 137 Å². The van der Waals surface area contributed by atoms with Crippen LogP contribution in [-0.4, -0.2) is 25.1 Å². The highest BCUT2D eigenvalue weighted by molar-refractivity contribution is 7.89. The summed E-state index contributed by atoms with van der Waals surface area (Å²) in [6, 6.07) is 13.9. The van der Waals surface area contributed by atoms with Crippen molar-refractivity contribution in [3.8, 4) is 0 Å². The van der Waals surface area contributed by atoms with Crippen LogP contribution in [0.15, 0.2) is 53.4 Å². The number of carbonyl (C=O) groups excluding carboxylic acids is 1. The van der Waals surface area contributed by atoms with Gasteiger partial charge in [0.15, 0.2) is 5.78 Å². The highest BCUT2D eigenvalue weighted by Crippen LogP contribution is 2.19. The molecule has 0 radical (unpaired) electrons. The zero-order chi connectivity index (χ0) is 17.0. The van der Waals surface area contributed by atoms with Crippen LogP contribution in [0, 0.1) is 6.92 Å². The van der Waals surface area contributed by atoms with E-state index in [0.29, 0.717) is 18.7 Å². The predicted octanol–water partition coefficient (Wildman–Crippen LogP) is 3.41. The predicted molar refractivity (Wildman–Crippen MR) is 90.9 cm³/mol. The molecule has 0 atom stereocenters. The number of sulfonamides is 1. The third-order valence-electron chi connectivity index (χ3n) is 3.69. The third kappa shape index (κ3) is 4.06. The molecule has 0 saturated heterocycles. The number of Topliss-reactive ketones (excluding diaryl/α,β-unsaturated/α-hetero) is 1. The van der Waals surface area contributed by atoms with Crippen molar-refractivity contribution in [2.24, 2.45) is 0 Å². The molecule has 4 nitrogen and oxygen atoms in total. The SMILES string of the molecule is CCN(Cc1cccc(C)c1)S(=O)(=O)c1ccc(C(C)=O)cc1. The molecule has 122 valence electrons. The van der Waals surface area contributed by atoms with E-state index in [0.717, 1.165) is 11.1 Å². The minimum atomic E-state index is -3.58. The average molecular weight is 331 g/mol. The number of benzene rings is 2. The van der Waals surface area contributed by atoms with Crippen molar-refractivity contribution >= 4 is 15.8 Å². The van der Waals surface area contributed by atoms with Crippen LogP contribution in [0.2, 0.25) is 0 Å². The molecule has 0 amide bonds. The summed E-state index contributed by atoms with van der Waals surface area (Å²) in [6.07, 6.45) is 0. The standard InChI is InChI=1S/C18H21NO3S/c1-4-19(13-16-7-5-6-14(2)12-16)23(21,22)18-10-8-17(9-11-18)15(3)20/h5-12H,4,13H2,1-3H3. The molecule has 0 aromatic heterocycles. The Bertz CT molecular complexity index is 795. The minimum absolute atomic E-state index is 0.0824. The van der Waals surface area contributed by atoms with Gasteiger partial charge in [0.05, 0.1) is 4.90 Å². The average Bonchev–Trinajstić information content (AvgIpc) is 2.52. The van der Waals surface area contributed by atoms with E-state index in [2.05, 4.69) is 0 Å². The fourth-order valence-electron chi connectivity index (χ4n) is 2.39. The van der Waals surface area contributed by atoms with E-state index in [1.165, 1.54) is 23.4 Å². The summed E-state index contributed by atoms with van der Waals surface area (Å²) in [6.45, 7) is 5.96. The summed E-state index contributed by atoms with van der Waals surface area (Å²) in [5.74, 6) is -0.0824. The molecule has 2 aromatic carbocycles. The van der Waals surface area contributed by atoms with Crippen LogP contribution >= 0.6 is 0 Å². The summed E-state index contributed by atoms with van der Waals surface area (Å²) in [7, 11) is -3.58. The first kappa shape index (κ1) is 17.4. The molecule has 0 fully saturated rings. The third-order valence-corrected chi connectivity index (χ3v) is 5.63. The maximum Gasteiger partial charge on any atom is 0.243 e. The molecule has 0 aliphatic carbocycles. The second-order valence-corrected chi connectivity index (χ2v) is 7.44. The fraction of sp³-hybridized carbons (Fsp3) is 0.278. The van der Waals surface area contributed by atoms with Crippen molar-refractivity contribution in [3.63, 3.8) is 0 Å². The van der Waals surface area contributed by atoms with E-state index in [1.807, 2.05) is 38.1 Å². The lowest BCUT2D eigenvalue weighted by molar-refractivity contribution is 0.101. The first-order valence-corrected chi connectivity index (χ1v) is 8.95. The van der Waals surface area contributed by atoms with Crippen molar-refractivity contribution in [1.29, 1.82) is 0 Å². The molecule has 0 spiro atoms. The van der Waals surface area contributed by atoms with Gasteiger partial charge in [-0.25, -0.2) is 8.42 Å². The van der Waals surface area contributed by atoms with Gasteiger partial charge >= 0.3 is 0 Å². The topological polar surface area (TPSA) is 54.5 Å². The van der Waals surface area contributed by atoms with Crippen LogP contribution in [-0.2, 0) is 16.6 Å². The Morgan fingerprint density at radius 3 is 2.26 bits per heavy atom. The van der Waals surface area contributed by atoms with Gasteiger partial charge < -0.3 is 0 Å². The van der Waals surface area contributed by atoms with E-state index < -0.39 is 10.0 Å². The van der Waals surface area contributed by atoms with E-state index in [1.54, 1.807) is 12.1 Å². The van der Waals surface area contributed by atoms with E-state index >= 15 is 0 Å². The maximum atomic E-state index is 12.8. The molecule has 0 aliphatic rings. The number of hydrogen-bond acceptors (Lipinski definition) is 3. The molecule has 23 heavy (non-hydrogen) atoms. The van der Waals surface area contributed by atoms with Gasteiger partial charge in [-0.05, 0) is 31.5 Å². The number of rotatable bonds is 6. The van der Waals surface area contributed by atoms with Crippen molar-refractivity contribution in [2.75, 3.05) is 6.54 Å². The van der Waals surface area contributed by atoms with E-state index in [4.69, 9.17) is 0 Å². The van der Waals surface area contributed by atoms with E-state index in [-0.39, 0.29) is 10.7 Å². The molecule has 0 heterocycles. The van der Waals surface area contributed by atoms with Crippen LogP contribution in [0.3, 0.4) is 0 Å². The van der Waals surface area contributed by atoms with Crippen LogP contribution in [0.25, 0.3) is 0 Å². The highest BCUT2D eigenvalue weighted by Gasteiger charge is 2.23. The van der Waals surface area contributed by atoms with Gasteiger partial charge in [-0.1, -0.05) is 48.9 Å². The fourth-order valence-corrected chi connectivity index (χ4v) is 3.83. The first-order chi connectivity index (χ1) is 10.8. The first-order valence-electron chi connectivity index (χ1n) is 7.51. The van der Waals surface area contributed by atoms with Gasteiger partial charge in [0.1, 0.15) is 0 Å². The number of nitrogens with zero attached hydrogens (tertiary/aromatic N) is 1. The van der Waals surface area contributed by atoms with Gasteiger partial charge in [-0.2, -0.15) is 4.31 Å². The molecule has 5 heteroatoms. The van der Waals surface area contributed by atoms with Crippen molar-refractivity contribution in [2.45, 2.75) is 32.2 Å². The van der Waals surface area contributed by atoms with Crippen molar-refractivity contribution < 1.29 is 13.2 Å². The second-order valence-electron chi connectivity index (χ2n) is 5.50. The quantitative estimate of drug-likeness (QED) is 0.762. The lowest BCUT2D eigenvalue weighted by Crippen LogP contribution is -2.30. The number of ketones is 1. The Balaban J connectivity index is 2.29. The molecular weight excluding hydrogens is 310 g/mol. The molecule has 0 unspecified atom stereocenters. The smallest absolute Gasteiger partial charge is 0.243 e. The van der Waals surface area contributed by atoms with Gasteiger partial charge in [-0.3, -0.25) is 4.79 Å². The largest absolute Gasteiger partial charge is 0.295 e. The monoisotopic (exact) mass is 331 g/mol. The van der Waals surface area contributed by atoms with Gasteiger partial charge in [0.25, 0.3) is 0 Å². The minimum Gasteiger partial charge on any atom is -0.295 e. The molecule has 2 aromatic rings. The maximum absolute atomic E-state index is 12.8. The Hall–Kier alpha value is -1.98. The lowest BCUT2D eigenvalue weighted by Gasteiger charge is -2.21. The zero-order valence-electron chi connectivity index (χ0n) is 13.6. The van der Waals surface area contributed by atoms with Gasteiger partial charge in [0, 0.05) is 18.7 Å². The Morgan fingerprint density at radius 1 is 1.09 bits per heavy atom. The molecule has 0 aliphatic heterocycles. The summed E-state index contributed by atoms with van der Waals surface area (Å²) in [4.78, 5) is 11.5. The molecule has 0 saturated carbocycles. The number of carbonyl (C=O) groups is 1. The summed E-state index contributed by atoms with van der Waals surface area (Å²) >= 11 is 0.